The van der Waals surface area contributed by atoms with Crippen LogP contribution in [0.15, 0.2) is 18.2 Å². The lowest BCUT2D eigenvalue weighted by Gasteiger charge is -2.20. The SMILES string of the molecule is COC(=O)c1c(C2OC2c2c(CCNC(=O)OC(C)(C)C)cc3c(c2OC)OCO3)ccc(OC)c1OC. The molecule has 4 rings (SSSR count). The predicted octanol–water partition coefficient (Wildman–Crippen LogP) is 4.11. The molecule has 0 aromatic heterocycles. The summed E-state index contributed by atoms with van der Waals surface area (Å²) >= 11 is 0. The van der Waals surface area contributed by atoms with E-state index in [0.717, 1.165) is 11.1 Å². The van der Waals surface area contributed by atoms with Crippen molar-refractivity contribution in [3.63, 3.8) is 0 Å². The van der Waals surface area contributed by atoms with Crippen LogP contribution >= 0.6 is 0 Å². The Hall–Kier alpha value is -3.86. The largest absolute Gasteiger partial charge is 0.493 e. The Balaban J connectivity index is 1.68. The van der Waals surface area contributed by atoms with Crippen molar-refractivity contribution in [3.8, 4) is 28.7 Å². The number of rotatable bonds is 9. The molecule has 2 aliphatic heterocycles. The summed E-state index contributed by atoms with van der Waals surface area (Å²) < 4.78 is 44.4. The first-order valence-corrected chi connectivity index (χ1v) is 12.1. The van der Waals surface area contributed by atoms with Gasteiger partial charge in [0.05, 0.1) is 28.4 Å². The third-order valence-corrected chi connectivity index (χ3v) is 6.06. The first kappa shape index (κ1) is 27.2. The minimum absolute atomic E-state index is 0.0574. The van der Waals surface area contributed by atoms with Gasteiger partial charge in [-0.2, -0.15) is 0 Å². The van der Waals surface area contributed by atoms with Crippen LogP contribution in [0.25, 0.3) is 0 Å². The Morgan fingerprint density at radius 1 is 1.00 bits per heavy atom. The van der Waals surface area contributed by atoms with Gasteiger partial charge in [0.1, 0.15) is 23.4 Å². The standard InChI is InChI=1S/C27H33NO10/c1-27(2,3)38-26(30)28-11-10-14-12-17-22(36-13-35-17)23(33-6)18(14)24-20(37-24)15-8-9-16(31-4)21(32-5)19(15)25(29)34-7/h8-9,12,20,24H,10-11,13H2,1-7H3,(H,28,30). The van der Waals surface area contributed by atoms with Crippen LogP contribution < -0.4 is 29.0 Å². The van der Waals surface area contributed by atoms with Crippen LogP contribution in [0.1, 0.15) is 60.0 Å². The molecule has 2 aromatic carbocycles. The molecular weight excluding hydrogens is 498 g/mol. The molecule has 0 aliphatic carbocycles. The van der Waals surface area contributed by atoms with Crippen LogP contribution in [0.3, 0.4) is 0 Å². The number of alkyl carbamates (subject to hydrolysis) is 1. The fourth-order valence-corrected chi connectivity index (χ4v) is 4.47. The Labute approximate surface area is 221 Å². The van der Waals surface area contributed by atoms with E-state index in [1.807, 2.05) is 6.07 Å². The molecule has 0 bridgehead atoms. The number of amides is 1. The van der Waals surface area contributed by atoms with Crippen LogP contribution in [0.5, 0.6) is 28.7 Å². The lowest BCUT2D eigenvalue weighted by molar-refractivity contribution is 0.0527. The Morgan fingerprint density at radius 3 is 2.37 bits per heavy atom. The second-order valence-corrected chi connectivity index (χ2v) is 9.63. The molecule has 2 atom stereocenters. The molecule has 206 valence electrons. The topological polar surface area (TPSA) is 123 Å². The quantitative estimate of drug-likeness (QED) is 0.373. The highest BCUT2D eigenvalue weighted by Crippen LogP contribution is 2.59. The van der Waals surface area contributed by atoms with E-state index in [-0.39, 0.29) is 18.1 Å². The fraction of sp³-hybridized carbons (Fsp3) is 0.481. The molecule has 11 heteroatoms. The second kappa shape index (κ2) is 10.9. The molecule has 2 aliphatic rings. The van der Waals surface area contributed by atoms with E-state index in [1.165, 1.54) is 28.4 Å². The zero-order chi connectivity index (χ0) is 27.6. The van der Waals surface area contributed by atoms with Gasteiger partial charge >= 0.3 is 12.1 Å². The van der Waals surface area contributed by atoms with Crippen LogP contribution in [0.4, 0.5) is 4.79 Å². The van der Waals surface area contributed by atoms with Crippen molar-refractivity contribution in [1.82, 2.24) is 5.32 Å². The van der Waals surface area contributed by atoms with Crippen molar-refractivity contribution in [1.29, 1.82) is 0 Å². The van der Waals surface area contributed by atoms with Gasteiger partial charge < -0.3 is 43.2 Å². The van der Waals surface area contributed by atoms with Gasteiger partial charge in [-0.05, 0) is 44.9 Å². The number of benzene rings is 2. The number of hydrogen-bond acceptors (Lipinski definition) is 10. The Morgan fingerprint density at radius 2 is 1.74 bits per heavy atom. The molecule has 11 nitrogen and oxygen atoms in total. The number of epoxide rings is 1. The maximum absolute atomic E-state index is 12.8. The van der Waals surface area contributed by atoms with Gasteiger partial charge in [-0.25, -0.2) is 9.59 Å². The maximum Gasteiger partial charge on any atom is 0.407 e. The molecule has 0 spiro atoms. The lowest BCUT2D eigenvalue weighted by atomic mass is 9.93. The average molecular weight is 532 g/mol. The Bertz CT molecular complexity index is 1220. The number of nitrogens with one attached hydrogen (secondary N) is 1. The van der Waals surface area contributed by atoms with E-state index in [2.05, 4.69) is 5.32 Å². The number of ether oxygens (including phenoxy) is 8. The number of hydrogen-bond donors (Lipinski definition) is 1. The highest BCUT2D eigenvalue weighted by molar-refractivity contribution is 5.95. The highest BCUT2D eigenvalue weighted by atomic mass is 16.7. The van der Waals surface area contributed by atoms with E-state index >= 15 is 0 Å². The van der Waals surface area contributed by atoms with Crippen molar-refractivity contribution in [2.45, 2.75) is 45.0 Å². The third kappa shape index (κ3) is 5.38. The average Bonchev–Trinajstić information content (AvgIpc) is 3.52. The van der Waals surface area contributed by atoms with E-state index in [1.54, 1.807) is 32.9 Å². The lowest BCUT2D eigenvalue weighted by Crippen LogP contribution is -2.33. The summed E-state index contributed by atoms with van der Waals surface area (Å²) in [4.78, 5) is 25.0. The number of carbonyl (C=O) groups excluding carboxylic acids is 2. The molecule has 0 saturated carbocycles. The number of methoxy groups -OCH3 is 4. The zero-order valence-corrected chi connectivity index (χ0v) is 22.6. The minimum atomic E-state index is -0.608. The molecular formula is C27H33NO10. The van der Waals surface area contributed by atoms with E-state index in [0.29, 0.717) is 41.5 Å². The van der Waals surface area contributed by atoms with E-state index in [9.17, 15) is 9.59 Å². The molecule has 1 amide bonds. The third-order valence-electron chi connectivity index (χ3n) is 6.06. The van der Waals surface area contributed by atoms with Gasteiger partial charge in [0.15, 0.2) is 23.0 Å². The van der Waals surface area contributed by atoms with Crippen molar-refractivity contribution in [3.05, 3.63) is 40.5 Å². The van der Waals surface area contributed by atoms with Gasteiger partial charge in [0.25, 0.3) is 0 Å². The molecule has 0 radical (unpaired) electrons. The monoisotopic (exact) mass is 531 g/mol. The van der Waals surface area contributed by atoms with Crippen molar-refractivity contribution < 1.29 is 47.5 Å². The normalized spacial score (nSPS) is 17.4. The zero-order valence-electron chi connectivity index (χ0n) is 22.6. The Kier molecular flexibility index (Phi) is 7.77. The van der Waals surface area contributed by atoms with Crippen LogP contribution in [0.2, 0.25) is 0 Å². The van der Waals surface area contributed by atoms with Gasteiger partial charge in [-0.1, -0.05) is 6.07 Å². The van der Waals surface area contributed by atoms with Crippen LogP contribution in [0, 0.1) is 0 Å². The summed E-state index contributed by atoms with van der Waals surface area (Å²) in [6, 6.07) is 5.31. The molecule has 2 heterocycles. The van der Waals surface area contributed by atoms with Crippen molar-refractivity contribution >= 4 is 12.1 Å². The van der Waals surface area contributed by atoms with E-state index in [4.69, 9.17) is 37.9 Å². The molecule has 2 unspecified atom stereocenters. The van der Waals surface area contributed by atoms with Crippen molar-refractivity contribution in [2.75, 3.05) is 41.8 Å². The highest BCUT2D eigenvalue weighted by Gasteiger charge is 2.48. The second-order valence-electron chi connectivity index (χ2n) is 9.63. The first-order chi connectivity index (χ1) is 18.1. The fourth-order valence-electron chi connectivity index (χ4n) is 4.47. The molecule has 38 heavy (non-hydrogen) atoms. The number of esters is 1. The summed E-state index contributed by atoms with van der Waals surface area (Å²) in [5, 5.41) is 2.78. The summed E-state index contributed by atoms with van der Waals surface area (Å²) in [6.45, 7) is 5.76. The molecule has 2 aromatic rings. The van der Waals surface area contributed by atoms with Gasteiger partial charge in [0, 0.05) is 17.7 Å². The van der Waals surface area contributed by atoms with Gasteiger partial charge in [-0.3, -0.25) is 0 Å². The van der Waals surface area contributed by atoms with Gasteiger partial charge in [-0.15, -0.1) is 0 Å². The predicted molar refractivity (Wildman–Crippen MR) is 135 cm³/mol. The van der Waals surface area contributed by atoms with E-state index < -0.39 is 29.9 Å². The van der Waals surface area contributed by atoms with Crippen molar-refractivity contribution in [2.24, 2.45) is 0 Å². The summed E-state index contributed by atoms with van der Waals surface area (Å²) in [5.41, 5.74) is 1.75. The first-order valence-electron chi connectivity index (χ1n) is 12.1. The number of carbonyl (C=O) groups is 2. The van der Waals surface area contributed by atoms with Crippen LogP contribution in [-0.4, -0.2) is 59.4 Å². The molecule has 1 saturated heterocycles. The van der Waals surface area contributed by atoms with Crippen LogP contribution in [-0.2, 0) is 20.6 Å². The summed E-state index contributed by atoms with van der Waals surface area (Å²) in [6.07, 6.45) is -1.06. The summed E-state index contributed by atoms with van der Waals surface area (Å²) in [5.74, 6) is 1.55. The minimum Gasteiger partial charge on any atom is -0.493 e. The van der Waals surface area contributed by atoms with Gasteiger partial charge in [0.2, 0.25) is 12.5 Å². The smallest absolute Gasteiger partial charge is 0.407 e. The number of fused-ring (bicyclic) bond motifs is 1. The maximum atomic E-state index is 12.8. The summed E-state index contributed by atoms with van der Waals surface area (Å²) in [7, 11) is 5.78. The molecule has 1 N–H and O–H groups in total. The molecule has 1 fully saturated rings.